The molecule has 0 aliphatic carbocycles. The van der Waals surface area contributed by atoms with Crippen molar-refractivity contribution < 1.29 is 14.0 Å². The molecule has 6 heteroatoms. The average Bonchev–Trinajstić information content (AvgIpc) is 2.47. The highest BCUT2D eigenvalue weighted by Crippen LogP contribution is 2.23. The van der Waals surface area contributed by atoms with Gasteiger partial charge < -0.3 is 10.6 Å². The summed E-state index contributed by atoms with van der Waals surface area (Å²) in [5.41, 5.74) is 0.335. The summed E-state index contributed by atoms with van der Waals surface area (Å²) in [6.45, 7) is 1.65. The second-order valence-corrected chi connectivity index (χ2v) is 5.36. The maximum atomic E-state index is 13.3. The van der Waals surface area contributed by atoms with Gasteiger partial charge in [-0.2, -0.15) is 4.99 Å². The zero-order valence-corrected chi connectivity index (χ0v) is 11.4. The van der Waals surface area contributed by atoms with E-state index < -0.39 is 23.5 Å². The molecule has 2 atom stereocenters. The molecule has 1 saturated heterocycles. The first-order chi connectivity index (χ1) is 10.1. The van der Waals surface area contributed by atoms with Crippen molar-refractivity contribution in [3.8, 4) is 0 Å². The lowest BCUT2D eigenvalue weighted by atomic mass is 9.93. The highest BCUT2D eigenvalue weighted by Gasteiger charge is 2.35. The van der Waals surface area contributed by atoms with Crippen molar-refractivity contribution in [3.63, 3.8) is 0 Å². The summed E-state index contributed by atoms with van der Waals surface area (Å²) >= 11 is 0. The number of carbonyl (C=O) groups excluding carboxylic acids is 2. The third kappa shape index (κ3) is 2.85. The molecule has 0 saturated carbocycles. The molecule has 5 nitrogen and oxygen atoms in total. The Morgan fingerprint density at radius 1 is 1.29 bits per heavy atom. The van der Waals surface area contributed by atoms with Gasteiger partial charge in [0.05, 0.1) is 0 Å². The lowest BCUT2D eigenvalue weighted by Crippen LogP contribution is -2.49. The number of amides is 2. The molecule has 2 unspecified atom stereocenters. The van der Waals surface area contributed by atoms with E-state index in [1.165, 1.54) is 18.2 Å². The number of rotatable bonds is 2. The number of hydrogen-bond acceptors (Lipinski definition) is 3. The van der Waals surface area contributed by atoms with E-state index in [1.54, 1.807) is 6.07 Å². The van der Waals surface area contributed by atoms with Gasteiger partial charge >= 0.3 is 0 Å². The van der Waals surface area contributed by atoms with Gasteiger partial charge in [-0.3, -0.25) is 9.59 Å². The van der Waals surface area contributed by atoms with Crippen molar-refractivity contribution in [3.05, 3.63) is 35.6 Å². The van der Waals surface area contributed by atoms with Gasteiger partial charge in [0.1, 0.15) is 17.6 Å². The van der Waals surface area contributed by atoms with Crippen LogP contribution in [-0.2, 0) is 9.59 Å². The van der Waals surface area contributed by atoms with E-state index in [9.17, 15) is 14.0 Å². The first kappa shape index (κ1) is 13.9. The molecule has 3 rings (SSSR count). The van der Waals surface area contributed by atoms with E-state index in [1.807, 2.05) is 0 Å². The Hall–Kier alpha value is -2.08. The van der Waals surface area contributed by atoms with Gasteiger partial charge in [0.2, 0.25) is 5.91 Å². The molecule has 2 aliphatic rings. The molecule has 1 aromatic rings. The van der Waals surface area contributed by atoms with Crippen LogP contribution >= 0.6 is 0 Å². The fourth-order valence-electron chi connectivity index (χ4n) is 2.78. The Kier molecular flexibility index (Phi) is 3.79. The number of benzene rings is 1. The van der Waals surface area contributed by atoms with Gasteiger partial charge in [0.25, 0.3) is 5.91 Å². The predicted molar refractivity (Wildman–Crippen MR) is 75.3 cm³/mol. The molecule has 2 amide bonds. The van der Waals surface area contributed by atoms with Crippen LogP contribution < -0.4 is 10.6 Å². The second-order valence-electron chi connectivity index (χ2n) is 5.36. The zero-order valence-electron chi connectivity index (χ0n) is 11.4. The van der Waals surface area contributed by atoms with Crippen LogP contribution in [0.25, 0.3) is 0 Å². The van der Waals surface area contributed by atoms with Gasteiger partial charge in [-0.25, -0.2) is 4.39 Å². The third-order valence-electron chi connectivity index (χ3n) is 3.86. The first-order valence-corrected chi connectivity index (χ1v) is 7.04. The summed E-state index contributed by atoms with van der Waals surface area (Å²) in [6, 6.07) is 5.52. The molecular formula is C15H16FN3O2. The molecule has 1 fully saturated rings. The first-order valence-electron chi connectivity index (χ1n) is 7.04. The molecule has 0 spiro atoms. The number of nitrogens with one attached hydrogen (secondary N) is 2. The van der Waals surface area contributed by atoms with Crippen molar-refractivity contribution in [2.45, 2.75) is 18.8 Å². The van der Waals surface area contributed by atoms with Gasteiger partial charge in [0.15, 0.2) is 0 Å². The minimum Gasteiger partial charge on any atom is -0.316 e. The van der Waals surface area contributed by atoms with Crippen molar-refractivity contribution >= 4 is 17.6 Å². The average molecular weight is 289 g/mol. The summed E-state index contributed by atoms with van der Waals surface area (Å²) in [4.78, 5) is 28.4. The fourth-order valence-corrected chi connectivity index (χ4v) is 2.78. The molecule has 2 aliphatic heterocycles. The van der Waals surface area contributed by atoms with Crippen LogP contribution in [-0.4, -0.2) is 30.7 Å². The van der Waals surface area contributed by atoms with E-state index in [0.717, 1.165) is 19.4 Å². The topological polar surface area (TPSA) is 70.6 Å². The summed E-state index contributed by atoms with van der Waals surface area (Å²) in [7, 11) is 0. The summed E-state index contributed by atoms with van der Waals surface area (Å²) in [5, 5.41) is 5.93. The van der Waals surface area contributed by atoms with Crippen molar-refractivity contribution in [1.82, 2.24) is 10.6 Å². The maximum absolute atomic E-state index is 13.3. The monoisotopic (exact) mass is 289 g/mol. The van der Waals surface area contributed by atoms with Crippen LogP contribution in [0.2, 0.25) is 0 Å². The van der Waals surface area contributed by atoms with E-state index in [0.29, 0.717) is 17.9 Å². The quantitative estimate of drug-likeness (QED) is 0.797. The smallest absolute Gasteiger partial charge is 0.264 e. The van der Waals surface area contributed by atoms with Crippen LogP contribution in [0.4, 0.5) is 4.39 Å². The molecule has 0 bridgehead atoms. The SMILES string of the molecule is O=C1N=C(C2CCCNC2)NC(=O)C1c1cccc(F)c1. The molecule has 0 radical (unpaired) electrons. The lowest BCUT2D eigenvalue weighted by Gasteiger charge is -2.28. The van der Waals surface area contributed by atoms with E-state index in [4.69, 9.17) is 0 Å². The van der Waals surface area contributed by atoms with Crippen LogP contribution in [0, 0.1) is 11.7 Å². The second kappa shape index (κ2) is 5.73. The molecule has 21 heavy (non-hydrogen) atoms. The van der Waals surface area contributed by atoms with Gasteiger partial charge in [-0.1, -0.05) is 12.1 Å². The zero-order chi connectivity index (χ0) is 14.8. The molecule has 110 valence electrons. The Balaban J connectivity index is 1.85. The van der Waals surface area contributed by atoms with Crippen LogP contribution in [0.3, 0.4) is 0 Å². The number of nitrogens with zero attached hydrogens (tertiary/aromatic N) is 1. The summed E-state index contributed by atoms with van der Waals surface area (Å²) in [5.74, 6) is -1.99. The minimum atomic E-state index is -1.05. The molecule has 2 N–H and O–H groups in total. The Bertz CT molecular complexity index is 609. The molecular weight excluding hydrogens is 273 g/mol. The van der Waals surface area contributed by atoms with E-state index >= 15 is 0 Å². The van der Waals surface area contributed by atoms with Gasteiger partial charge in [0, 0.05) is 12.5 Å². The van der Waals surface area contributed by atoms with Crippen LogP contribution in [0.5, 0.6) is 0 Å². The Morgan fingerprint density at radius 3 is 2.81 bits per heavy atom. The minimum absolute atomic E-state index is 0.0557. The van der Waals surface area contributed by atoms with E-state index in [2.05, 4.69) is 15.6 Å². The number of amidine groups is 1. The number of piperidine rings is 1. The number of aliphatic imine (C=N–C) groups is 1. The largest absolute Gasteiger partial charge is 0.316 e. The number of halogens is 1. The lowest BCUT2D eigenvalue weighted by molar-refractivity contribution is -0.129. The molecule has 2 heterocycles. The van der Waals surface area contributed by atoms with Gasteiger partial charge in [-0.15, -0.1) is 0 Å². The van der Waals surface area contributed by atoms with Crippen molar-refractivity contribution in [2.75, 3.05) is 13.1 Å². The van der Waals surface area contributed by atoms with Gasteiger partial charge in [-0.05, 0) is 37.1 Å². The highest BCUT2D eigenvalue weighted by molar-refractivity contribution is 6.19. The van der Waals surface area contributed by atoms with Crippen LogP contribution in [0.1, 0.15) is 24.3 Å². The Labute approximate surface area is 121 Å². The number of carbonyl (C=O) groups is 2. The van der Waals surface area contributed by atoms with Crippen molar-refractivity contribution in [2.24, 2.45) is 10.9 Å². The third-order valence-corrected chi connectivity index (χ3v) is 3.86. The maximum Gasteiger partial charge on any atom is 0.264 e. The molecule has 1 aromatic carbocycles. The Morgan fingerprint density at radius 2 is 2.14 bits per heavy atom. The number of hydrogen-bond donors (Lipinski definition) is 2. The normalized spacial score (nSPS) is 26.2. The van der Waals surface area contributed by atoms with E-state index in [-0.39, 0.29) is 5.92 Å². The van der Waals surface area contributed by atoms with Crippen LogP contribution in [0.15, 0.2) is 29.3 Å². The van der Waals surface area contributed by atoms with Crippen molar-refractivity contribution in [1.29, 1.82) is 0 Å². The summed E-state index contributed by atoms with van der Waals surface area (Å²) in [6.07, 6.45) is 1.88. The highest BCUT2D eigenvalue weighted by atomic mass is 19.1. The fraction of sp³-hybridized carbons (Fsp3) is 0.400. The summed E-state index contributed by atoms with van der Waals surface area (Å²) < 4.78 is 13.3. The molecule has 0 aromatic heterocycles. The predicted octanol–water partition coefficient (Wildman–Crippen LogP) is 0.964. The standard InChI is InChI=1S/C15H16FN3O2/c16-11-5-1-3-9(7-11)12-14(20)18-13(19-15(12)21)10-4-2-6-17-8-10/h1,3,5,7,10,12,17H,2,4,6,8H2,(H,18,19,20,21).